The number of benzene rings is 2. The summed E-state index contributed by atoms with van der Waals surface area (Å²) in [7, 11) is 0. The van der Waals surface area contributed by atoms with Crippen molar-refractivity contribution in [3.8, 4) is 0 Å². The van der Waals surface area contributed by atoms with Gasteiger partial charge in [-0.3, -0.25) is 19.3 Å². The number of ether oxygens (including phenoxy) is 1. The molecule has 7 nitrogen and oxygen atoms in total. The van der Waals surface area contributed by atoms with Crippen LogP contribution in [-0.2, 0) is 30.3 Å². The van der Waals surface area contributed by atoms with Crippen LogP contribution in [-0.4, -0.2) is 41.2 Å². The molecule has 0 spiro atoms. The van der Waals surface area contributed by atoms with Crippen molar-refractivity contribution in [1.82, 2.24) is 4.90 Å². The highest BCUT2D eigenvalue weighted by atomic mass is 16.5. The summed E-state index contributed by atoms with van der Waals surface area (Å²) in [5, 5.41) is 2.76. The van der Waals surface area contributed by atoms with Crippen LogP contribution in [0.2, 0.25) is 0 Å². The number of hydrogen-bond donors (Lipinski definition) is 1. The molecule has 3 aliphatic rings. The van der Waals surface area contributed by atoms with Gasteiger partial charge in [0, 0.05) is 12.1 Å². The Morgan fingerprint density at radius 1 is 1.00 bits per heavy atom. The fourth-order valence-electron chi connectivity index (χ4n) is 6.23. The van der Waals surface area contributed by atoms with Gasteiger partial charge < -0.3 is 10.1 Å². The quantitative estimate of drug-likeness (QED) is 0.490. The maximum absolute atomic E-state index is 13.4. The van der Waals surface area contributed by atoms with E-state index in [4.69, 9.17) is 4.74 Å². The third-order valence-corrected chi connectivity index (χ3v) is 7.82. The molecule has 2 aliphatic carbocycles. The van der Waals surface area contributed by atoms with Crippen LogP contribution in [0, 0.1) is 37.5 Å². The molecule has 3 amide bonds. The highest BCUT2D eigenvalue weighted by Gasteiger charge is 2.62. The van der Waals surface area contributed by atoms with Gasteiger partial charge in [-0.05, 0) is 62.1 Å². The monoisotopic (exact) mass is 474 g/mol. The molecule has 2 aromatic rings. The number of carbonyl (C=O) groups excluding carboxylic acids is 4. The van der Waals surface area contributed by atoms with E-state index in [1.54, 1.807) is 6.07 Å². The van der Waals surface area contributed by atoms with Crippen LogP contribution in [0.5, 0.6) is 0 Å². The first-order valence-corrected chi connectivity index (χ1v) is 12.3. The normalized spacial score (nSPS) is 25.5. The number of hydrogen-bond acceptors (Lipinski definition) is 5. The van der Waals surface area contributed by atoms with Crippen LogP contribution < -0.4 is 5.32 Å². The average Bonchev–Trinajstić information content (AvgIpc) is 3.52. The summed E-state index contributed by atoms with van der Waals surface area (Å²) in [5.74, 6) is -1.92. The van der Waals surface area contributed by atoms with Crippen LogP contribution in [0.3, 0.4) is 0 Å². The molecule has 7 heteroatoms. The van der Waals surface area contributed by atoms with Crippen LogP contribution in [0.15, 0.2) is 48.5 Å². The number of rotatable bonds is 7. The van der Waals surface area contributed by atoms with Crippen molar-refractivity contribution in [1.29, 1.82) is 0 Å². The largest absolute Gasteiger partial charge is 0.454 e. The average molecular weight is 475 g/mol. The molecule has 1 aliphatic heterocycles. The highest BCUT2D eigenvalue weighted by Crippen LogP contribution is 2.56. The van der Waals surface area contributed by atoms with E-state index in [-0.39, 0.29) is 41.9 Å². The molecular formula is C28H30N2O5. The standard InChI is InChI=1S/C28H30N2O5/c1-16-8-11-21(17(2)12-16)29-23(31)15-35-28(34)22(13-18-6-4-3-5-7-18)30-26(32)24-19-9-10-20(14-19)25(24)27(30)33/h3-8,11-12,19-20,22,24-25H,9-10,13-15H2,1-2H3,(H,29,31)/t19-,20-,22-,24-,25+/m0/s1. The number of nitrogens with one attached hydrogen (secondary N) is 1. The third kappa shape index (κ3) is 4.35. The fourth-order valence-corrected chi connectivity index (χ4v) is 6.23. The second-order valence-electron chi connectivity index (χ2n) is 10.1. The smallest absolute Gasteiger partial charge is 0.330 e. The molecule has 2 bridgehead atoms. The summed E-state index contributed by atoms with van der Waals surface area (Å²) < 4.78 is 5.38. The van der Waals surface area contributed by atoms with Crippen molar-refractivity contribution >= 4 is 29.4 Å². The number of carbonyl (C=O) groups is 4. The molecule has 5 atom stereocenters. The Morgan fingerprint density at radius 3 is 2.29 bits per heavy atom. The zero-order valence-electron chi connectivity index (χ0n) is 20.0. The summed E-state index contributed by atoms with van der Waals surface area (Å²) in [6.45, 7) is 3.36. The molecule has 35 heavy (non-hydrogen) atoms. The summed E-state index contributed by atoms with van der Waals surface area (Å²) in [4.78, 5) is 53.7. The maximum atomic E-state index is 13.4. The Balaban J connectivity index is 1.31. The predicted molar refractivity (Wildman–Crippen MR) is 129 cm³/mol. The third-order valence-electron chi connectivity index (χ3n) is 7.82. The first-order chi connectivity index (χ1) is 16.8. The van der Waals surface area contributed by atoms with E-state index in [0.29, 0.717) is 5.69 Å². The number of anilines is 1. The van der Waals surface area contributed by atoms with E-state index >= 15 is 0 Å². The summed E-state index contributed by atoms with van der Waals surface area (Å²) in [6.07, 6.45) is 3.01. The molecule has 1 N–H and O–H groups in total. The van der Waals surface area contributed by atoms with Gasteiger partial charge in [-0.2, -0.15) is 0 Å². The van der Waals surface area contributed by atoms with Gasteiger partial charge in [0.15, 0.2) is 6.61 Å². The first kappa shape index (κ1) is 23.3. The van der Waals surface area contributed by atoms with Crippen molar-refractivity contribution in [3.05, 3.63) is 65.2 Å². The highest BCUT2D eigenvalue weighted by molar-refractivity contribution is 6.08. The topological polar surface area (TPSA) is 92.8 Å². The van der Waals surface area contributed by atoms with Gasteiger partial charge in [-0.15, -0.1) is 0 Å². The van der Waals surface area contributed by atoms with Gasteiger partial charge in [0.2, 0.25) is 11.8 Å². The van der Waals surface area contributed by atoms with Crippen molar-refractivity contribution in [2.45, 2.75) is 45.6 Å². The minimum absolute atomic E-state index is 0.157. The maximum Gasteiger partial charge on any atom is 0.330 e. The minimum Gasteiger partial charge on any atom is -0.454 e. The Morgan fingerprint density at radius 2 is 1.66 bits per heavy atom. The molecule has 0 radical (unpaired) electrons. The molecule has 182 valence electrons. The SMILES string of the molecule is Cc1ccc(NC(=O)COC(=O)[C@H](Cc2ccccc2)N2C(=O)[C@@H]3[C@H]4CC[C@@H](C4)[C@@H]3C2=O)c(C)c1. The Bertz CT molecular complexity index is 1150. The van der Waals surface area contributed by atoms with Gasteiger partial charge >= 0.3 is 5.97 Å². The van der Waals surface area contributed by atoms with Gasteiger partial charge in [-0.1, -0.05) is 48.0 Å². The number of fused-ring (bicyclic) bond motifs is 5. The van der Waals surface area contributed by atoms with Crippen molar-refractivity contribution in [3.63, 3.8) is 0 Å². The number of nitrogens with zero attached hydrogens (tertiary/aromatic N) is 1. The van der Waals surface area contributed by atoms with E-state index in [0.717, 1.165) is 40.9 Å². The molecule has 2 aromatic carbocycles. The second-order valence-corrected chi connectivity index (χ2v) is 10.1. The molecule has 2 saturated carbocycles. The van der Waals surface area contributed by atoms with E-state index < -0.39 is 24.5 Å². The van der Waals surface area contributed by atoms with Crippen LogP contribution in [0.4, 0.5) is 5.69 Å². The van der Waals surface area contributed by atoms with Crippen LogP contribution >= 0.6 is 0 Å². The Labute approximate surface area is 204 Å². The number of imide groups is 1. The van der Waals surface area contributed by atoms with Gasteiger partial charge in [-0.25, -0.2) is 4.79 Å². The van der Waals surface area contributed by atoms with Crippen molar-refractivity contribution in [2.75, 3.05) is 11.9 Å². The molecule has 5 rings (SSSR count). The van der Waals surface area contributed by atoms with E-state index in [9.17, 15) is 19.2 Å². The number of likely N-dealkylation sites (tertiary alicyclic amines) is 1. The fraction of sp³-hybridized carbons (Fsp3) is 0.429. The predicted octanol–water partition coefficient (Wildman–Crippen LogP) is 3.43. The minimum atomic E-state index is -1.09. The zero-order chi connectivity index (χ0) is 24.7. The van der Waals surface area contributed by atoms with E-state index in [1.165, 1.54) is 0 Å². The lowest BCUT2D eigenvalue weighted by Crippen LogP contribution is -2.48. The summed E-state index contributed by atoms with van der Waals surface area (Å²) in [5.41, 5.74) is 3.44. The van der Waals surface area contributed by atoms with Crippen molar-refractivity contribution in [2.24, 2.45) is 23.7 Å². The van der Waals surface area contributed by atoms with Gasteiger partial charge in [0.25, 0.3) is 5.91 Å². The zero-order valence-corrected chi connectivity index (χ0v) is 20.0. The molecule has 3 fully saturated rings. The summed E-state index contributed by atoms with van der Waals surface area (Å²) >= 11 is 0. The molecule has 0 aromatic heterocycles. The van der Waals surface area contributed by atoms with E-state index in [1.807, 2.05) is 56.3 Å². The van der Waals surface area contributed by atoms with Gasteiger partial charge in [0.05, 0.1) is 11.8 Å². The van der Waals surface area contributed by atoms with E-state index in [2.05, 4.69) is 5.32 Å². The molecule has 1 heterocycles. The van der Waals surface area contributed by atoms with Gasteiger partial charge in [0.1, 0.15) is 6.04 Å². The molecule has 0 unspecified atom stereocenters. The lowest BCUT2D eigenvalue weighted by atomic mass is 9.81. The first-order valence-electron chi connectivity index (χ1n) is 12.3. The Kier molecular flexibility index (Phi) is 6.17. The Hall–Kier alpha value is -3.48. The number of amides is 3. The lowest BCUT2D eigenvalue weighted by Gasteiger charge is -2.26. The molecular weight excluding hydrogens is 444 g/mol. The number of aryl methyl sites for hydroxylation is 2. The van der Waals surface area contributed by atoms with Crippen LogP contribution in [0.1, 0.15) is 36.0 Å². The van der Waals surface area contributed by atoms with Crippen molar-refractivity contribution < 1.29 is 23.9 Å². The molecule has 1 saturated heterocycles. The lowest BCUT2D eigenvalue weighted by molar-refractivity contribution is -0.160. The summed E-state index contributed by atoms with van der Waals surface area (Å²) in [6, 6.07) is 13.8. The van der Waals surface area contributed by atoms with Crippen LogP contribution in [0.25, 0.3) is 0 Å². The number of esters is 1. The second kappa shape index (κ2) is 9.29.